The molecule has 2 saturated heterocycles. The number of hydrogen-bond donors (Lipinski definition) is 1. The van der Waals surface area contributed by atoms with Gasteiger partial charge in [-0.2, -0.15) is 0 Å². The first-order chi connectivity index (χ1) is 17.1. The van der Waals surface area contributed by atoms with E-state index in [9.17, 15) is 4.79 Å². The van der Waals surface area contributed by atoms with Gasteiger partial charge < -0.3 is 19.5 Å². The van der Waals surface area contributed by atoms with Crippen LogP contribution in [-0.2, 0) is 0 Å². The second kappa shape index (κ2) is 9.49. The molecule has 1 aromatic heterocycles. The van der Waals surface area contributed by atoms with E-state index in [0.29, 0.717) is 11.6 Å². The summed E-state index contributed by atoms with van der Waals surface area (Å²) in [4.78, 5) is 20.6. The van der Waals surface area contributed by atoms with Crippen molar-refractivity contribution in [3.63, 3.8) is 0 Å². The molecule has 3 fully saturated rings. The number of nitrogens with zero attached hydrogens (tertiary/aromatic N) is 3. The zero-order chi connectivity index (χ0) is 23.9. The molecule has 2 amide bonds. The van der Waals surface area contributed by atoms with Gasteiger partial charge in [-0.05, 0) is 38.0 Å². The average Bonchev–Trinajstić information content (AvgIpc) is 3.63. The molecule has 2 aromatic carbocycles. The van der Waals surface area contributed by atoms with Crippen molar-refractivity contribution in [3.05, 3.63) is 59.1 Å². The minimum absolute atomic E-state index is 0.0599. The number of nitrogens with one attached hydrogen (secondary N) is 1. The van der Waals surface area contributed by atoms with Crippen molar-refractivity contribution in [2.24, 2.45) is 0 Å². The van der Waals surface area contributed by atoms with E-state index < -0.39 is 0 Å². The summed E-state index contributed by atoms with van der Waals surface area (Å²) in [5.41, 5.74) is 2.89. The number of furan rings is 1. The fourth-order valence-electron chi connectivity index (χ4n) is 6.18. The van der Waals surface area contributed by atoms with E-state index in [-0.39, 0.29) is 24.3 Å². The lowest BCUT2D eigenvalue weighted by atomic mass is 10.0. The summed E-state index contributed by atoms with van der Waals surface area (Å²) in [6.45, 7) is 6.67. The number of benzene rings is 2. The lowest BCUT2D eigenvalue weighted by Crippen LogP contribution is -2.54. The van der Waals surface area contributed by atoms with Gasteiger partial charge in [0.25, 0.3) is 0 Å². The van der Waals surface area contributed by atoms with Gasteiger partial charge in [-0.1, -0.05) is 54.8 Å². The van der Waals surface area contributed by atoms with E-state index in [0.717, 1.165) is 66.9 Å². The van der Waals surface area contributed by atoms with Gasteiger partial charge in [0.05, 0.1) is 12.2 Å². The normalized spacial score (nSPS) is 23.0. The summed E-state index contributed by atoms with van der Waals surface area (Å²) in [5.74, 6) is 0.826. The Morgan fingerprint density at radius 2 is 1.80 bits per heavy atom. The Morgan fingerprint density at radius 3 is 2.54 bits per heavy atom. The van der Waals surface area contributed by atoms with Gasteiger partial charge in [0.15, 0.2) is 0 Å². The summed E-state index contributed by atoms with van der Waals surface area (Å²) in [5, 5.41) is 5.08. The van der Waals surface area contributed by atoms with Gasteiger partial charge in [0.2, 0.25) is 0 Å². The maximum absolute atomic E-state index is 14.0. The quantitative estimate of drug-likeness (QED) is 0.494. The number of carbonyl (C=O) groups excluding carboxylic acids is 1. The summed E-state index contributed by atoms with van der Waals surface area (Å²) in [6.07, 6.45) is 4.55. The van der Waals surface area contributed by atoms with E-state index in [1.807, 2.05) is 30.3 Å². The number of hydrogen-bond acceptors (Lipinski definition) is 4. The molecule has 2 unspecified atom stereocenters. The highest BCUT2D eigenvalue weighted by molar-refractivity contribution is 6.31. The van der Waals surface area contributed by atoms with Crippen molar-refractivity contribution < 1.29 is 9.21 Å². The van der Waals surface area contributed by atoms with Crippen LogP contribution in [0.15, 0.2) is 52.9 Å². The van der Waals surface area contributed by atoms with E-state index in [1.165, 1.54) is 12.8 Å². The maximum atomic E-state index is 14.0. The molecule has 7 heteroatoms. The van der Waals surface area contributed by atoms with E-state index in [1.54, 1.807) is 0 Å². The molecule has 0 spiro atoms. The van der Waals surface area contributed by atoms with E-state index >= 15 is 0 Å². The van der Waals surface area contributed by atoms with Crippen molar-refractivity contribution in [3.8, 4) is 11.3 Å². The van der Waals surface area contributed by atoms with Gasteiger partial charge in [0.1, 0.15) is 11.3 Å². The first-order valence-electron chi connectivity index (χ1n) is 12.9. The molecule has 2 aliphatic heterocycles. The monoisotopic (exact) mass is 492 g/mol. The largest absolute Gasteiger partial charge is 0.456 e. The van der Waals surface area contributed by atoms with E-state index in [2.05, 4.69) is 45.1 Å². The van der Waals surface area contributed by atoms with Crippen molar-refractivity contribution in [1.82, 2.24) is 20.0 Å². The third-order valence-corrected chi connectivity index (χ3v) is 8.27. The molecule has 1 N–H and O–H groups in total. The zero-order valence-corrected chi connectivity index (χ0v) is 21.0. The Balaban J connectivity index is 1.41. The molecule has 35 heavy (non-hydrogen) atoms. The van der Waals surface area contributed by atoms with Crippen molar-refractivity contribution >= 4 is 28.6 Å². The van der Waals surface area contributed by atoms with Crippen LogP contribution < -0.4 is 5.32 Å². The van der Waals surface area contributed by atoms with Crippen LogP contribution in [0.4, 0.5) is 4.79 Å². The summed E-state index contributed by atoms with van der Waals surface area (Å²) in [6, 6.07) is 16.5. The molecule has 1 saturated carbocycles. The molecule has 0 bridgehead atoms. The molecule has 1 aliphatic carbocycles. The van der Waals surface area contributed by atoms with Crippen LogP contribution in [0.25, 0.3) is 22.3 Å². The standard InChI is InChI=1S/C28H33ClN4O2/c1-19(31-13-11-30-12-14-31)32-18-25(33(28(32)34)23-9-5-6-10-23)24-17-22(29)15-21-16-26(35-27(21)24)20-7-3-2-4-8-20/h2-4,7-8,15-17,19,23,25,30H,5-6,9-14,18H2,1H3. The Morgan fingerprint density at radius 1 is 1.06 bits per heavy atom. The molecule has 3 heterocycles. The highest BCUT2D eigenvalue weighted by Gasteiger charge is 2.46. The van der Waals surface area contributed by atoms with Crippen LogP contribution >= 0.6 is 11.6 Å². The number of amides is 2. The lowest BCUT2D eigenvalue weighted by Gasteiger charge is -2.37. The maximum Gasteiger partial charge on any atom is 0.322 e. The molecular weight excluding hydrogens is 460 g/mol. The molecule has 184 valence electrons. The lowest BCUT2D eigenvalue weighted by molar-refractivity contribution is 0.0760. The molecular formula is C28H33ClN4O2. The first-order valence-corrected chi connectivity index (χ1v) is 13.3. The fraction of sp³-hybridized carbons (Fsp3) is 0.464. The molecule has 6 nitrogen and oxygen atoms in total. The van der Waals surface area contributed by atoms with Crippen molar-refractivity contribution in [1.29, 1.82) is 0 Å². The third-order valence-electron chi connectivity index (χ3n) is 8.05. The molecule has 3 aliphatic rings. The predicted molar refractivity (Wildman–Crippen MR) is 140 cm³/mol. The highest BCUT2D eigenvalue weighted by Crippen LogP contribution is 2.42. The van der Waals surface area contributed by atoms with E-state index in [4.69, 9.17) is 16.0 Å². The molecule has 0 radical (unpaired) electrons. The van der Waals surface area contributed by atoms with Crippen LogP contribution in [0.2, 0.25) is 5.02 Å². The number of piperazine rings is 1. The average molecular weight is 493 g/mol. The molecule has 6 rings (SSSR count). The first kappa shape index (κ1) is 22.9. The topological polar surface area (TPSA) is 52.0 Å². The van der Waals surface area contributed by atoms with Crippen molar-refractivity contribution in [2.75, 3.05) is 32.7 Å². The van der Waals surface area contributed by atoms with Gasteiger partial charge in [-0.3, -0.25) is 4.90 Å². The second-order valence-corrected chi connectivity index (χ2v) is 10.5. The molecule has 3 aromatic rings. The van der Waals surface area contributed by atoms with Crippen LogP contribution in [0.3, 0.4) is 0 Å². The number of carbonyl (C=O) groups is 1. The molecule has 2 atom stereocenters. The minimum atomic E-state index is -0.0769. The summed E-state index contributed by atoms with van der Waals surface area (Å²) >= 11 is 6.65. The van der Waals surface area contributed by atoms with Gasteiger partial charge in [-0.25, -0.2) is 4.79 Å². The number of halogens is 1. The third kappa shape index (κ3) is 4.22. The minimum Gasteiger partial charge on any atom is -0.456 e. The van der Waals surface area contributed by atoms with Crippen molar-refractivity contribution in [2.45, 2.75) is 50.9 Å². The summed E-state index contributed by atoms with van der Waals surface area (Å²) < 4.78 is 6.48. The SMILES string of the molecule is CC(N1CCNCC1)N1CC(c2cc(Cl)cc3cc(-c4ccccc4)oc23)N(C2CCCC2)C1=O. The smallest absolute Gasteiger partial charge is 0.322 e. The van der Waals surface area contributed by atoms with Gasteiger partial charge >= 0.3 is 6.03 Å². The van der Waals surface area contributed by atoms with Crippen LogP contribution in [-0.4, -0.2) is 65.7 Å². The highest BCUT2D eigenvalue weighted by atomic mass is 35.5. The zero-order valence-electron chi connectivity index (χ0n) is 20.3. The van der Waals surface area contributed by atoms with Crippen LogP contribution in [0.5, 0.6) is 0 Å². The Bertz CT molecular complexity index is 1200. The Hall–Kier alpha value is -2.54. The number of rotatable bonds is 5. The van der Waals surface area contributed by atoms with Crippen LogP contribution in [0.1, 0.15) is 44.2 Å². The number of fused-ring (bicyclic) bond motifs is 1. The predicted octanol–water partition coefficient (Wildman–Crippen LogP) is 5.73. The van der Waals surface area contributed by atoms with Crippen LogP contribution in [0, 0.1) is 0 Å². The second-order valence-electron chi connectivity index (χ2n) is 10.1. The fourth-order valence-corrected chi connectivity index (χ4v) is 6.41. The summed E-state index contributed by atoms with van der Waals surface area (Å²) in [7, 11) is 0. The van der Waals surface area contributed by atoms with Gasteiger partial charge in [0, 0.05) is 60.3 Å². The Kier molecular flexibility index (Phi) is 6.21. The van der Waals surface area contributed by atoms with Gasteiger partial charge in [-0.15, -0.1) is 0 Å². The number of urea groups is 1. The Labute approximate surface area is 211 Å².